The summed E-state index contributed by atoms with van der Waals surface area (Å²) in [6, 6.07) is 0.956. The lowest BCUT2D eigenvalue weighted by molar-refractivity contribution is -0.911. The maximum absolute atomic E-state index is 13.6. The lowest BCUT2D eigenvalue weighted by atomic mass is 9.99. The molecule has 4 aliphatic rings. The Labute approximate surface area is 304 Å². The molecule has 4 aliphatic heterocycles. The molecule has 2 saturated heterocycles. The van der Waals surface area contributed by atoms with E-state index in [0.717, 1.165) is 46.1 Å². The van der Waals surface area contributed by atoms with E-state index < -0.39 is 75.0 Å². The average molecular weight is 759 g/mol. The normalized spacial score (nSPS) is 22.6. The Balaban J connectivity index is 1.21. The van der Waals surface area contributed by atoms with Gasteiger partial charge in [-0.05, 0) is 32.9 Å². The number of aromatic hydroxyl groups is 2. The fourth-order valence-corrected chi connectivity index (χ4v) is 8.71. The number of nitrogens with zero attached hydrogens (tertiary/aromatic N) is 5. The molecule has 0 radical (unpaired) electrons. The molecule has 0 saturated carbocycles. The highest BCUT2D eigenvalue weighted by atomic mass is 32.2. The highest BCUT2D eigenvalue weighted by Gasteiger charge is 2.57. The van der Waals surface area contributed by atoms with Crippen molar-refractivity contribution in [2.24, 2.45) is 5.16 Å². The summed E-state index contributed by atoms with van der Waals surface area (Å²) in [7, 11) is 0. The molecule has 18 nitrogen and oxygen atoms in total. The second kappa shape index (κ2) is 13.4. The molecule has 1 aromatic carbocycles. The number of anilines is 1. The molecule has 2 fully saturated rings. The summed E-state index contributed by atoms with van der Waals surface area (Å²) in [6.07, 6.45) is 1.64. The number of amides is 4. The second-order valence-corrected chi connectivity index (χ2v) is 15.8. The minimum Gasteiger partial charge on any atom is -0.504 e. The number of carbonyl (C=O) groups excluding carboxylic acids is 4. The Kier molecular flexibility index (Phi) is 9.43. The van der Waals surface area contributed by atoms with Gasteiger partial charge in [0.05, 0.1) is 37.3 Å². The van der Waals surface area contributed by atoms with E-state index in [1.807, 2.05) is 6.92 Å². The molecule has 7 N–H and O–H groups in total. The van der Waals surface area contributed by atoms with Crippen molar-refractivity contribution in [1.29, 1.82) is 0 Å². The molecule has 276 valence electrons. The molecule has 0 spiro atoms. The van der Waals surface area contributed by atoms with Gasteiger partial charge >= 0.3 is 11.9 Å². The number of carboxylic acid groups (broad SMARTS) is 2. The summed E-state index contributed by atoms with van der Waals surface area (Å²) in [4.78, 5) is 89.1. The zero-order valence-corrected chi connectivity index (χ0v) is 29.8. The Hall–Kier alpha value is -5.21. The minimum atomic E-state index is -1.81. The van der Waals surface area contributed by atoms with Crippen molar-refractivity contribution in [3.05, 3.63) is 45.6 Å². The van der Waals surface area contributed by atoms with Gasteiger partial charge in [-0.1, -0.05) is 5.16 Å². The van der Waals surface area contributed by atoms with Gasteiger partial charge in [-0.2, -0.15) is 0 Å². The number of carboxylic acids is 2. The summed E-state index contributed by atoms with van der Waals surface area (Å²) < 4.78 is 0.358. The van der Waals surface area contributed by atoms with Gasteiger partial charge in [0.15, 0.2) is 22.3 Å². The SMILES string of the molecule is C[C@@H]1S[C@@H]2[C@H](NC(=O)/C(=N\OC(C)(C)C(=O)O)c3csc(N)n3)C(=O)N2C(C(=O)O)=C1C[N+]1(CCN2C(=O)c3cc(O)c(O)cc3C2=O)CCCC1. The zero-order valence-electron chi connectivity index (χ0n) is 28.2. The number of phenols is 2. The number of likely N-dealkylation sites (tertiary alicyclic amines) is 1. The van der Waals surface area contributed by atoms with Gasteiger partial charge in [0.1, 0.15) is 29.4 Å². The number of carbonyl (C=O) groups is 6. The van der Waals surface area contributed by atoms with Crippen LogP contribution in [-0.4, -0.2) is 136 Å². The van der Waals surface area contributed by atoms with E-state index in [1.165, 1.54) is 31.0 Å². The van der Waals surface area contributed by atoms with E-state index in [4.69, 9.17) is 10.6 Å². The van der Waals surface area contributed by atoms with Crippen molar-refractivity contribution >= 4 is 69.5 Å². The number of hydrogen-bond acceptors (Lipinski definition) is 14. The maximum Gasteiger partial charge on any atom is 0.352 e. The van der Waals surface area contributed by atoms with Crippen LogP contribution in [0, 0.1) is 0 Å². The lowest BCUT2D eigenvalue weighted by Gasteiger charge is -2.51. The number of nitrogen functional groups attached to an aromatic ring is 1. The molecule has 0 bridgehead atoms. The summed E-state index contributed by atoms with van der Waals surface area (Å²) in [5, 5.41) is 46.3. The van der Waals surface area contributed by atoms with Crippen LogP contribution in [0.2, 0.25) is 0 Å². The van der Waals surface area contributed by atoms with Gasteiger partial charge in [0.25, 0.3) is 23.6 Å². The van der Waals surface area contributed by atoms with Crippen LogP contribution in [0.15, 0.2) is 33.9 Å². The van der Waals surface area contributed by atoms with Crippen LogP contribution in [0.5, 0.6) is 11.5 Å². The van der Waals surface area contributed by atoms with Crippen LogP contribution in [0.3, 0.4) is 0 Å². The molecular formula is C32H36N7O11S2+. The first-order valence-electron chi connectivity index (χ1n) is 16.2. The number of hydrogen-bond donors (Lipinski definition) is 6. The second-order valence-electron chi connectivity index (χ2n) is 13.5. The van der Waals surface area contributed by atoms with Crippen molar-refractivity contribution < 1.29 is 58.5 Å². The number of rotatable bonds is 12. The van der Waals surface area contributed by atoms with Crippen molar-refractivity contribution in [1.82, 2.24) is 20.1 Å². The molecule has 0 aliphatic carbocycles. The van der Waals surface area contributed by atoms with Crippen LogP contribution in [0.4, 0.5) is 5.13 Å². The van der Waals surface area contributed by atoms with Crippen LogP contribution in [0.1, 0.15) is 60.0 Å². The number of aliphatic carboxylic acids is 2. The first-order chi connectivity index (χ1) is 24.4. The van der Waals surface area contributed by atoms with Crippen molar-refractivity contribution in [3.63, 3.8) is 0 Å². The Morgan fingerprint density at radius 2 is 1.71 bits per heavy atom. The molecule has 20 heteroatoms. The number of thioether (sulfide) groups is 1. The number of imide groups is 1. The van der Waals surface area contributed by atoms with E-state index in [9.17, 15) is 49.2 Å². The fourth-order valence-electron chi connectivity index (χ4n) is 6.72. The van der Waals surface area contributed by atoms with Crippen LogP contribution in [-0.2, 0) is 24.0 Å². The van der Waals surface area contributed by atoms with E-state index in [2.05, 4.69) is 15.5 Å². The number of nitrogens with one attached hydrogen (secondary N) is 1. The lowest BCUT2D eigenvalue weighted by Crippen LogP contribution is -2.72. The van der Waals surface area contributed by atoms with E-state index in [0.29, 0.717) is 29.7 Å². The zero-order chi connectivity index (χ0) is 37.9. The van der Waals surface area contributed by atoms with E-state index >= 15 is 0 Å². The summed E-state index contributed by atoms with van der Waals surface area (Å²) in [6.45, 7) is 6.08. The predicted octanol–water partition coefficient (Wildman–Crippen LogP) is 0.754. The summed E-state index contributed by atoms with van der Waals surface area (Å²) in [5.41, 5.74) is 3.75. The number of β-lactam (4-membered cyclic amide) rings is 1. The van der Waals surface area contributed by atoms with Gasteiger partial charge in [-0.15, -0.1) is 23.1 Å². The number of thiazole rings is 1. The molecule has 5 heterocycles. The van der Waals surface area contributed by atoms with Crippen molar-refractivity contribution in [2.75, 3.05) is 38.5 Å². The number of nitrogens with two attached hydrogens (primary N) is 1. The largest absolute Gasteiger partial charge is 0.504 e. The Morgan fingerprint density at radius 1 is 1.10 bits per heavy atom. The van der Waals surface area contributed by atoms with Crippen molar-refractivity contribution in [2.45, 2.75) is 55.9 Å². The number of phenolic OH excluding ortho intramolecular Hbond substituents is 2. The minimum absolute atomic E-state index is 0.00629. The molecule has 1 aromatic heterocycles. The van der Waals surface area contributed by atoms with Crippen LogP contribution < -0.4 is 11.1 Å². The topological polar surface area (TPSA) is 262 Å². The Bertz CT molecular complexity index is 1930. The summed E-state index contributed by atoms with van der Waals surface area (Å²) >= 11 is 2.28. The molecule has 0 unspecified atom stereocenters. The van der Waals surface area contributed by atoms with Gasteiger partial charge in [-0.25, -0.2) is 14.6 Å². The van der Waals surface area contributed by atoms with Crippen LogP contribution >= 0.6 is 23.1 Å². The first-order valence-corrected chi connectivity index (χ1v) is 18.0. The predicted molar refractivity (Wildman–Crippen MR) is 184 cm³/mol. The summed E-state index contributed by atoms with van der Waals surface area (Å²) in [5.74, 6) is -6.52. The van der Waals surface area contributed by atoms with Gasteiger partial charge in [0.2, 0.25) is 5.60 Å². The third kappa shape index (κ3) is 6.41. The molecule has 4 amide bonds. The van der Waals surface area contributed by atoms with Gasteiger partial charge in [-0.3, -0.25) is 29.0 Å². The first kappa shape index (κ1) is 36.6. The van der Waals surface area contributed by atoms with Gasteiger partial charge in [0, 0.05) is 29.0 Å². The fraction of sp³-hybridized carbons (Fsp3) is 0.438. The third-order valence-corrected chi connectivity index (χ3v) is 11.8. The molecule has 2 aromatic rings. The highest BCUT2D eigenvalue weighted by molar-refractivity contribution is 8.00. The highest BCUT2D eigenvalue weighted by Crippen LogP contribution is 2.45. The molecule has 6 rings (SSSR count). The molecule has 3 atom stereocenters. The van der Waals surface area contributed by atoms with E-state index in [-0.39, 0.29) is 40.7 Å². The Morgan fingerprint density at radius 3 is 2.25 bits per heavy atom. The monoisotopic (exact) mass is 758 g/mol. The molecule has 52 heavy (non-hydrogen) atoms. The number of benzene rings is 1. The quantitative estimate of drug-likeness (QED) is 0.0436. The van der Waals surface area contributed by atoms with Crippen molar-refractivity contribution in [3.8, 4) is 11.5 Å². The number of fused-ring (bicyclic) bond motifs is 2. The standard InChI is InChI=1S/C32H35N7O11S2/c1-14-17(12-39(7-4-5-8-39)9-6-37-25(43)15-10-19(40)20(41)11-16(15)26(37)44)23(29(46)47)38-27(45)22(28(38)52-14)35-24(42)21(18-13-51-31(33)34-18)36-50-32(2,3)30(48)49/h10-11,13-14,22,28H,4-9,12H2,1-3H3,(H6-,33,34,35,36,40,41,42,43,44,46,47,48,49)/p+1/t14-,22+,28+/m0/s1. The maximum atomic E-state index is 13.6. The smallest absolute Gasteiger partial charge is 0.352 e. The number of aromatic nitrogens is 1. The molecular weight excluding hydrogens is 723 g/mol. The van der Waals surface area contributed by atoms with Gasteiger partial charge < -0.3 is 40.8 Å². The average Bonchev–Trinajstić information content (AvgIpc) is 3.78. The van der Waals surface area contributed by atoms with E-state index in [1.54, 1.807) is 0 Å². The number of oxime groups is 1. The van der Waals surface area contributed by atoms with Crippen LogP contribution in [0.25, 0.3) is 0 Å². The number of quaternary nitrogens is 1. The third-order valence-electron chi connectivity index (χ3n) is 9.66.